The number of nitrogens with zero attached hydrogens (tertiary/aromatic N) is 2. The number of aromatic carboxylic acids is 1. The first-order chi connectivity index (χ1) is 15.9. The van der Waals surface area contributed by atoms with Crippen molar-refractivity contribution in [3.8, 4) is 11.5 Å². The number of amides is 1. The molecule has 13 heteroatoms. The van der Waals surface area contributed by atoms with Crippen LogP contribution in [0.2, 0.25) is 0 Å². The summed E-state index contributed by atoms with van der Waals surface area (Å²) in [6.07, 6.45) is 3.56. The molecule has 9 nitrogen and oxygen atoms in total. The number of aromatic nitrogens is 1. The molecule has 1 aliphatic carbocycles. The number of rotatable bonds is 5. The monoisotopic (exact) mass is 500 g/mol. The summed E-state index contributed by atoms with van der Waals surface area (Å²) in [5, 5.41) is 9.38. The van der Waals surface area contributed by atoms with Crippen LogP contribution in [-0.2, 0) is 23.0 Å². The van der Waals surface area contributed by atoms with Crippen molar-refractivity contribution in [1.29, 1.82) is 0 Å². The zero-order valence-corrected chi connectivity index (χ0v) is 18.6. The van der Waals surface area contributed by atoms with E-state index in [1.807, 2.05) is 0 Å². The second-order valence-electron chi connectivity index (χ2n) is 7.86. The van der Waals surface area contributed by atoms with E-state index in [0.29, 0.717) is 24.7 Å². The van der Waals surface area contributed by atoms with Gasteiger partial charge in [-0.3, -0.25) is 9.78 Å². The first-order valence-corrected chi connectivity index (χ1v) is 11.6. The molecule has 1 aromatic carbocycles. The molecule has 0 bridgehead atoms. The standard InChI is InChI=1S/C21H19F3N2O7S/c1-32-12-9-15-16(25-10-12)3-2-4-17(15)26-6-5-13-14(19(26)27)7-11(20(28)29)8-18(13)33-34(30,31)21(22,23)24/h7-10,17H,2-6H2,1H3,(H,28,29)/t17-/m0/s1. The van der Waals surface area contributed by atoms with Crippen molar-refractivity contribution in [2.24, 2.45) is 0 Å². The van der Waals surface area contributed by atoms with E-state index in [1.54, 1.807) is 12.3 Å². The Bertz CT molecular complexity index is 1280. The van der Waals surface area contributed by atoms with Crippen LogP contribution in [0.3, 0.4) is 0 Å². The lowest BCUT2D eigenvalue weighted by Crippen LogP contribution is -2.42. The normalized spacial score (nSPS) is 18.2. The van der Waals surface area contributed by atoms with Crippen LogP contribution in [0.5, 0.6) is 11.5 Å². The van der Waals surface area contributed by atoms with Gasteiger partial charge in [0.2, 0.25) is 0 Å². The van der Waals surface area contributed by atoms with Gasteiger partial charge in [-0.15, -0.1) is 0 Å². The van der Waals surface area contributed by atoms with Crippen LogP contribution in [0.15, 0.2) is 24.4 Å². The molecule has 1 aliphatic heterocycles. The summed E-state index contributed by atoms with van der Waals surface area (Å²) < 4.78 is 71.3. The Kier molecular flexibility index (Phi) is 5.92. The molecule has 1 aromatic heterocycles. The van der Waals surface area contributed by atoms with E-state index in [1.165, 1.54) is 12.0 Å². The van der Waals surface area contributed by atoms with Crippen molar-refractivity contribution in [1.82, 2.24) is 9.88 Å². The molecule has 1 amide bonds. The predicted octanol–water partition coefficient (Wildman–Crippen LogP) is 3.09. The summed E-state index contributed by atoms with van der Waals surface area (Å²) in [6.45, 7) is 0.0575. The van der Waals surface area contributed by atoms with Gasteiger partial charge in [-0.05, 0) is 49.4 Å². The number of carbonyl (C=O) groups is 2. The Hall–Kier alpha value is -3.35. The maximum atomic E-state index is 13.4. The van der Waals surface area contributed by atoms with Crippen molar-refractivity contribution in [3.63, 3.8) is 0 Å². The van der Waals surface area contributed by atoms with Gasteiger partial charge in [-0.1, -0.05) is 0 Å². The predicted molar refractivity (Wildman–Crippen MR) is 110 cm³/mol. The highest BCUT2D eigenvalue weighted by Crippen LogP contribution is 2.40. The summed E-state index contributed by atoms with van der Waals surface area (Å²) in [7, 11) is -4.59. The van der Waals surface area contributed by atoms with Crippen molar-refractivity contribution < 1.29 is 45.2 Å². The number of hydrogen-bond acceptors (Lipinski definition) is 7. The Morgan fingerprint density at radius 2 is 1.97 bits per heavy atom. The van der Waals surface area contributed by atoms with Crippen molar-refractivity contribution in [2.45, 2.75) is 37.2 Å². The molecule has 0 saturated heterocycles. The largest absolute Gasteiger partial charge is 0.534 e. The van der Waals surface area contributed by atoms with E-state index in [9.17, 15) is 36.3 Å². The minimum Gasteiger partial charge on any atom is -0.495 e. The second kappa shape index (κ2) is 8.46. The number of pyridine rings is 1. The van der Waals surface area contributed by atoms with Crippen molar-refractivity contribution in [2.75, 3.05) is 13.7 Å². The fraction of sp³-hybridized carbons (Fsp3) is 0.381. The lowest BCUT2D eigenvalue weighted by molar-refractivity contribution is -0.0500. The quantitative estimate of drug-likeness (QED) is 0.491. The Morgan fingerprint density at radius 1 is 1.24 bits per heavy atom. The van der Waals surface area contributed by atoms with Crippen LogP contribution in [0.1, 0.15) is 56.4 Å². The summed E-state index contributed by atoms with van der Waals surface area (Å²) in [4.78, 5) is 30.9. The fourth-order valence-corrected chi connectivity index (χ4v) is 4.76. The maximum Gasteiger partial charge on any atom is 0.534 e. The highest BCUT2D eigenvalue weighted by molar-refractivity contribution is 7.88. The van der Waals surface area contributed by atoms with E-state index in [2.05, 4.69) is 9.17 Å². The van der Waals surface area contributed by atoms with Crippen LogP contribution in [-0.4, -0.2) is 54.4 Å². The minimum absolute atomic E-state index is 0.0348. The lowest BCUT2D eigenvalue weighted by Gasteiger charge is -2.38. The highest BCUT2D eigenvalue weighted by atomic mass is 32.2. The number of hydrogen-bond donors (Lipinski definition) is 1. The fourth-order valence-electron chi connectivity index (χ4n) is 4.28. The molecule has 0 unspecified atom stereocenters. The van der Waals surface area contributed by atoms with E-state index in [4.69, 9.17) is 4.74 Å². The number of aryl methyl sites for hydroxylation is 1. The van der Waals surface area contributed by atoms with Gasteiger partial charge in [0.25, 0.3) is 5.91 Å². The van der Waals surface area contributed by atoms with Crippen molar-refractivity contribution in [3.05, 3.63) is 52.3 Å². The zero-order valence-electron chi connectivity index (χ0n) is 17.8. The van der Waals surface area contributed by atoms with Crippen LogP contribution >= 0.6 is 0 Å². The molecule has 2 aliphatic rings. The van der Waals surface area contributed by atoms with Gasteiger partial charge in [-0.2, -0.15) is 21.6 Å². The van der Waals surface area contributed by atoms with Gasteiger partial charge in [-0.25, -0.2) is 4.79 Å². The van der Waals surface area contributed by atoms with E-state index in [0.717, 1.165) is 23.7 Å². The molecule has 34 heavy (non-hydrogen) atoms. The van der Waals surface area contributed by atoms with Crippen molar-refractivity contribution >= 4 is 22.0 Å². The molecule has 0 saturated carbocycles. The Labute approximate surface area is 192 Å². The molecule has 182 valence electrons. The van der Waals surface area contributed by atoms with E-state index in [-0.39, 0.29) is 24.1 Å². The molecule has 0 spiro atoms. The summed E-state index contributed by atoms with van der Waals surface area (Å²) in [5.74, 6) is -2.53. The highest BCUT2D eigenvalue weighted by Gasteiger charge is 2.49. The third-order valence-corrected chi connectivity index (χ3v) is 6.84. The number of ether oxygens (including phenoxy) is 1. The van der Waals surface area contributed by atoms with Crippen LogP contribution in [0.25, 0.3) is 0 Å². The molecule has 0 fully saturated rings. The number of halogens is 3. The Balaban J connectivity index is 1.77. The third kappa shape index (κ3) is 4.15. The molecule has 0 radical (unpaired) electrons. The van der Waals surface area contributed by atoms with Gasteiger partial charge >= 0.3 is 21.6 Å². The molecule has 2 aromatic rings. The van der Waals surface area contributed by atoms with Gasteiger partial charge in [0.1, 0.15) is 11.5 Å². The number of benzene rings is 1. The zero-order chi connectivity index (χ0) is 24.8. The number of methoxy groups -OCH3 is 1. The first-order valence-electron chi connectivity index (χ1n) is 10.2. The average Bonchev–Trinajstić information content (AvgIpc) is 2.78. The number of carbonyl (C=O) groups excluding carboxylic acids is 1. The van der Waals surface area contributed by atoms with Gasteiger partial charge < -0.3 is 18.9 Å². The number of carboxylic acid groups (broad SMARTS) is 1. The topological polar surface area (TPSA) is 123 Å². The molecular formula is C21H19F3N2O7S. The minimum atomic E-state index is -6.07. The lowest BCUT2D eigenvalue weighted by atomic mass is 9.87. The van der Waals surface area contributed by atoms with Crippen LogP contribution in [0, 0.1) is 0 Å². The van der Waals surface area contributed by atoms with Gasteiger partial charge in [0.15, 0.2) is 0 Å². The first kappa shape index (κ1) is 23.8. The summed E-state index contributed by atoms with van der Waals surface area (Å²) in [5.41, 5.74) is -5.06. The van der Waals surface area contributed by atoms with Crippen LogP contribution < -0.4 is 8.92 Å². The molecule has 4 rings (SSSR count). The maximum absolute atomic E-state index is 13.4. The van der Waals surface area contributed by atoms with Gasteiger partial charge in [0.05, 0.1) is 24.9 Å². The average molecular weight is 500 g/mol. The third-order valence-electron chi connectivity index (χ3n) is 5.87. The van der Waals surface area contributed by atoms with E-state index < -0.39 is 44.9 Å². The molecule has 1 N–H and O–H groups in total. The summed E-state index contributed by atoms with van der Waals surface area (Å²) in [6, 6.07) is 3.06. The van der Waals surface area contributed by atoms with Gasteiger partial charge in [0, 0.05) is 23.4 Å². The van der Waals surface area contributed by atoms with Crippen LogP contribution in [0.4, 0.5) is 13.2 Å². The molecule has 2 heterocycles. The number of carboxylic acids is 1. The second-order valence-corrected chi connectivity index (χ2v) is 9.39. The smallest absolute Gasteiger partial charge is 0.495 e. The van der Waals surface area contributed by atoms with E-state index >= 15 is 0 Å². The number of alkyl halides is 3. The molecule has 1 atom stereocenters. The molecular weight excluding hydrogens is 481 g/mol. The summed E-state index contributed by atoms with van der Waals surface area (Å²) >= 11 is 0. The SMILES string of the molecule is COc1cnc2c(c1)[C@@H](N1CCc3c(OS(=O)(=O)C(F)(F)F)cc(C(=O)O)cc3C1=O)CCC2. The Morgan fingerprint density at radius 3 is 2.62 bits per heavy atom. The number of fused-ring (bicyclic) bond motifs is 2.